The van der Waals surface area contributed by atoms with Gasteiger partial charge in [0.2, 0.25) is 5.13 Å². The van der Waals surface area contributed by atoms with Crippen LogP contribution in [0.4, 0.5) is 18.3 Å². The van der Waals surface area contributed by atoms with E-state index in [1.54, 1.807) is 31.2 Å². The molecule has 2 heterocycles. The van der Waals surface area contributed by atoms with Crippen molar-refractivity contribution in [3.63, 3.8) is 0 Å². The third-order valence-electron chi connectivity index (χ3n) is 4.54. The summed E-state index contributed by atoms with van der Waals surface area (Å²) < 4.78 is 77.0. The summed E-state index contributed by atoms with van der Waals surface area (Å²) in [5.74, 6) is 0.550. The van der Waals surface area contributed by atoms with E-state index in [2.05, 4.69) is 19.2 Å². The van der Waals surface area contributed by atoms with E-state index in [1.807, 2.05) is 0 Å². The van der Waals surface area contributed by atoms with E-state index in [1.165, 1.54) is 29.2 Å². The van der Waals surface area contributed by atoms with Crippen LogP contribution < -0.4 is 9.46 Å². The first-order valence-corrected chi connectivity index (χ1v) is 12.2. The molecule has 2 aromatic heterocycles. The third kappa shape index (κ3) is 5.16. The Bertz CT molecular complexity index is 1410. The number of rotatable bonds is 7. The number of nitrogens with zero attached hydrogens (tertiary/aromatic N) is 4. The summed E-state index contributed by atoms with van der Waals surface area (Å²) in [6, 6.07) is 11.2. The van der Waals surface area contributed by atoms with Crippen LogP contribution in [0.3, 0.4) is 0 Å². The minimum Gasteiger partial charge on any atom is -0.456 e. The molecular formula is C20H15ClF3N5O3S2. The lowest BCUT2D eigenvalue weighted by Gasteiger charge is -2.11. The summed E-state index contributed by atoms with van der Waals surface area (Å²) in [7, 11) is -3.92. The Morgan fingerprint density at radius 2 is 1.88 bits per heavy atom. The van der Waals surface area contributed by atoms with Gasteiger partial charge in [-0.05, 0) is 55.5 Å². The Morgan fingerprint density at radius 3 is 2.47 bits per heavy atom. The van der Waals surface area contributed by atoms with Gasteiger partial charge in [0, 0.05) is 23.6 Å². The molecule has 14 heteroatoms. The van der Waals surface area contributed by atoms with E-state index in [-0.39, 0.29) is 27.3 Å². The summed E-state index contributed by atoms with van der Waals surface area (Å²) in [6.07, 6.45) is -3.32. The van der Waals surface area contributed by atoms with Crippen molar-refractivity contribution in [2.24, 2.45) is 0 Å². The molecule has 4 rings (SSSR count). The predicted octanol–water partition coefficient (Wildman–Crippen LogP) is 5.69. The van der Waals surface area contributed by atoms with Crippen LogP contribution in [0.2, 0.25) is 5.02 Å². The molecule has 0 radical (unpaired) electrons. The molecule has 0 aliphatic carbocycles. The Labute approximate surface area is 201 Å². The van der Waals surface area contributed by atoms with Crippen LogP contribution in [0.5, 0.6) is 11.5 Å². The van der Waals surface area contributed by atoms with Gasteiger partial charge >= 0.3 is 6.18 Å². The van der Waals surface area contributed by atoms with Gasteiger partial charge in [-0.1, -0.05) is 11.6 Å². The first-order chi connectivity index (χ1) is 16.1. The van der Waals surface area contributed by atoms with Crippen molar-refractivity contribution in [1.82, 2.24) is 19.1 Å². The zero-order chi connectivity index (χ0) is 24.5. The average molecular weight is 530 g/mol. The molecule has 1 N–H and O–H groups in total. The number of halogens is 4. The Morgan fingerprint density at radius 1 is 1.15 bits per heavy atom. The van der Waals surface area contributed by atoms with E-state index >= 15 is 0 Å². The minimum atomic E-state index is -4.54. The summed E-state index contributed by atoms with van der Waals surface area (Å²) in [5, 5.41) is 3.77. The van der Waals surface area contributed by atoms with E-state index < -0.39 is 21.9 Å². The van der Waals surface area contributed by atoms with Crippen molar-refractivity contribution in [3.05, 3.63) is 65.6 Å². The lowest BCUT2D eigenvalue weighted by Crippen LogP contribution is -2.12. The SMILES string of the molecule is CCn1nc(C(F)(F)F)cc1-c1ccc(Oc2ccc(S(=O)(=O)Nc3ncns3)cc2Cl)cc1. The molecule has 0 saturated carbocycles. The highest BCUT2D eigenvalue weighted by molar-refractivity contribution is 7.93. The molecule has 178 valence electrons. The number of hydrogen-bond acceptors (Lipinski definition) is 7. The maximum absolute atomic E-state index is 13.0. The van der Waals surface area contributed by atoms with Gasteiger partial charge in [-0.15, -0.1) is 0 Å². The molecule has 0 fully saturated rings. The molecule has 0 aliphatic rings. The maximum atomic E-state index is 13.0. The molecule has 0 amide bonds. The summed E-state index contributed by atoms with van der Waals surface area (Å²) in [5.41, 5.74) is -0.128. The number of aromatic nitrogens is 4. The fourth-order valence-electron chi connectivity index (χ4n) is 2.97. The molecule has 0 saturated heterocycles. The van der Waals surface area contributed by atoms with Crippen LogP contribution in [0.15, 0.2) is 59.8 Å². The molecule has 0 spiro atoms. The molecule has 0 aliphatic heterocycles. The van der Waals surface area contributed by atoms with Crippen LogP contribution in [-0.4, -0.2) is 27.6 Å². The van der Waals surface area contributed by atoms with Crippen LogP contribution in [0.25, 0.3) is 11.3 Å². The van der Waals surface area contributed by atoms with Gasteiger partial charge in [0.15, 0.2) is 5.69 Å². The second kappa shape index (κ2) is 9.24. The monoisotopic (exact) mass is 529 g/mol. The molecule has 8 nitrogen and oxygen atoms in total. The van der Waals surface area contributed by atoms with Crippen LogP contribution in [0.1, 0.15) is 12.6 Å². The summed E-state index contributed by atoms with van der Waals surface area (Å²) in [4.78, 5) is 3.68. The van der Waals surface area contributed by atoms with Crippen LogP contribution in [-0.2, 0) is 22.7 Å². The highest BCUT2D eigenvalue weighted by Gasteiger charge is 2.35. The van der Waals surface area contributed by atoms with Gasteiger partial charge in [-0.25, -0.2) is 13.4 Å². The lowest BCUT2D eigenvalue weighted by molar-refractivity contribution is -0.141. The molecule has 0 bridgehead atoms. The van der Waals surface area contributed by atoms with Crippen LogP contribution >= 0.6 is 23.1 Å². The number of sulfonamides is 1. The second-order valence-corrected chi connectivity index (χ2v) is 9.67. The number of anilines is 1. The van der Waals surface area contributed by atoms with Gasteiger partial charge in [0.05, 0.1) is 15.6 Å². The van der Waals surface area contributed by atoms with E-state index in [9.17, 15) is 21.6 Å². The first-order valence-electron chi connectivity index (χ1n) is 9.59. The van der Waals surface area contributed by atoms with E-state index in [4.69, 9.17) is 16.3 Å². The third-order valence-corrected chi connectivity index (χ3v) is 6.89. The van der Waals surface area contributed by atoms with Crippen molar-refractivity contribution in [3.8, 4) is 22.8 Å². The van der Waals surface area contributed by atoms with E-state index in [0.29, 0.717) is 17.0 Å². The van der Waals surface area contributed by atoms with Crippen molar-refractivity contribution < 1.29 is 26.3 Å². The Balaban J connectivity index is 1.52. The smallest absolute Gasteiger partial charge is 0.435 e. The van der Waals surface area contributed by atoms with E-state index in [0.717, 1.165) is 17.6 Å². The van der Waals surface area contributed by atoms with Gasteiger partial charge in [0.1, 0.15) is 17.8 Å². The topological polar surface area (TPSA) is 99.0 Å². The van der Waals surface area contributed by atoms with Crippen molar-refractivity contribution in [2.75, 3.05) is 4.72 Å². The van der Waals surface area contributed by atoms with Crippen LogP contribution in [0, 0.1) is 0 Å². The number of alkyl halides is 3. The van der Waals surface area contributed by atoms with Gasteiger partial charge in [-0.3, -0.25) is 9.40 Å². The lowest BCUT2D eigenvalue weighted by atomic mass is 10.1. The zero-order valence-corrected chi connectivity index (χ0v) is 19.6. The summed E-state index contributed by atoms with van der Waals surface area (Å²) in [6.45, 7) is 1.96. The fourth-order valence-corrected chi connectivity index (χ4v) is 4.94. The zero-order valence-electron chi connectivity index (χ0n) is 17.2. The summed E-state index contributed by atoms with van der Waals surface area (Å²) >= 11 is 7.11. The standard InChI is InChI=1S/C20H15ClF3N5O3S2/c1-2-29-16(10-18(27-29)20(22,23)24)12-3-5-13(6-4-12)32-17-8-7-14(9-15(17)21)34(30,31)28-19-25-11-26-33-19/h3-11H,2H2,1H3,(H,25,26,28). The fraction of sp³-hybridized carbons (Fsp3) is 0.150. The highest BCUT2D eigenvalue weighted by atomic mass is 35.5. The number of nitrogens with one attached hydrogen (secondary N) is 1. The molecule has 34 heavy (non-hydrogen) atoms. The molecule has 0 unspecified atom stereocenters. The van der Waals surface area contributed by atoms with Crippen molar-refractivity contribution >= 4 is 38.3 Å². The normalized spacial score (nSPS) is 12.0. The first kappa shape index (κ1) is 24.0. The van der Waals surface area contributed by atoms with Crippen molar-refractivity contribution in [1.29, 1.82) is 0 Å². The van der Waals surface area contributed by atoms with Gasteiger partial charge in [0.25, 0.3) is 10.0 Å². The number of ether oxygens (including phenoxy) is 1. The molecule has 0 atom stereocenters. The predicted molar refractivity (Wildman–Crippen MR) is 121 cm³/mol. The quantitative estimate of drug-likeness (QED) is 0.330. The number of hydrogen-bond donors (Lipinski definition) is 1. The van der Waals surface area contributed by atoms with Gasteiger partial charge < -0.3 is 4.74 Å². The van der Waals surface area contributed by atoms with Crippen molar-refractivity contribution in [2.45, 2.75) is 24.5 Å². The largest absolute Gasteiger partial charge is 0.456 e. The number of benzene rings is 2. The maximum Gasteiger partial charge on any atom is 0.435 e. The van der Waals surface area contributed by atoms with Gasteiger partial charge in [-0.2, -0.15) is 22.6 Å². The second-order valence-electron chi connectivity index (χ2n) is 6.80. The average Bonchev–Trinajstić information content (AvgIpc) is 3.45. The Kier molecular flexibility index (Phi) is 6.51. The highest BCUT2D eigenvalue weighted by Crippen LogP contribution is 2.35. The minimum absolute atomic E-state index is 0.0445. The molecule has 2 aromatic carbocycles. The molecule has 4 aromatic rings. The Hall–Kier alpha value is -3.16. The molecular weight excluding hydrogens is 515 g/mol. The number of aryl methyl sites for hydroxylation is 1.